The third kappa shape index (κ3) is 7.98. The van der Waals surface area contributed by atoms with Crippen LogP contribution in [0.15, 0.2) is 41.5 Å². The van der Waals surface area contributed by atoms with E-state index in [1.54, 1.807) is 12.5 Å². The second-order valence-corrected chi connectivity index (χ2v) is 9.36. The topological polar surface area (TPSA) is 107 Å². The van der Waals surface area contributed by atoms with Crippen molar-refractivity contribution < 1.29 is 37.7 Å². The third-order valence-corrected chi connectivity index (χ3v) is 6.56. The first-order chi connectivity index (χ1) is 18.8. The molecule has 3 aromatic rings. The largest absolute Gasteiger partial charge is 0.496 e. The summed E-state index contributed by atoms with van der Waals surface area (Å²) in [4.78, 5) is 28.2. The van der Waals surface area contributed by atoms with E-state index < -0.39 is 34.8 Å². The van der Waals surface area contributed by atoms with Gasteiger partial charge >= 0.3 is 5.97 Å². The number of unbranched alkanes of at least 4 members (excludes halogenated alkanes) is 1. The van der Waals surface area contributed by atoms with Crippen molar-refractivity contribution in [2.45, 2.75) is 19.3 Å². The van der Waals surface area contributed by atoms with Crippen molar-refractivity contribution in [3.63, 3.8) is 0 Å². The maximum atomic E-state index is 14.5. The number of methoxy groups -OCH3 is 2. The number of aromatic nitrogens is 1. The number of anilines is 1. The number of para-hydroxylation sites is 1. The van der Waals surface area contributed by atoms with Gasteiger partial charge < -0.3 is 19.3 Å². The van der Waals surface area contributed by atoms with Gasteiger partial charge in [0.2, 0.25) is 5.76 Å². The molecule has 12 heteroatoms. The number of rotatable bonds is 14. The van der Waals surface area contributed by atoms with Gasteiger partial charge in [-0.1, -0.05) is 12.1 Å². The number of nitrogens with one attached hydrogen (secondary N) is 1. The molecule has 39 heavy (non-hydrogen) atoms. The van der Waals surface area contributed by atoms with Gasteiger partial charge in [-0.2, -0.15) is 0 Å². The summed E-state index contributed by atoms with van der Waals surface area (Å²) < 4.78 is 45.0. The number of carbonyl (C=O) groups is 2. The molecule has 3 rings (SSSR count). The number of amides is 1. The number of carbonyl (C=O) groups excluding carboxylic acids is 1. The predicted octanol–water partition coefficient (Wildman–Crippen LogP) is 6.00. The highest BCUT2D eigenvalue weighted by atomic mass is 35.5. The summed E-state index contributed by atoms with van der Waals surface area (Å²) in [5.41, 5.74) is 1.25. The van der Waals surface area contributed by atoms with Gasteiger partial charge in [-0.25, -0.2) is 18.6 Å². The first kappa shape index (κ1) is 30.0. The van der Waals surface area contributed by atoms with Crippen molar-refractivity contribution in [2.24, 2.45) is 0 Å². The quantitative estimate of drug-likeness (QED) is 0.104. The number of hydrogen-bond acceptors (Lipinski definition) is 7. The Kier molecular flexibility index (Phi) is 11.2. The van der Waals surface area contributed by atoms with Gasteiger partial charge in [0.15, 0.2) is 5.13 Å². The average Bonchev–Trinajstić information content (AvgIpc) is 3.38. The molecule has 2 aromatic carbocycles. The molecule has 2 N–H and O–H groups in total. The van der Waals surface area contributed by atoms with Crippen molar-refractivity contribution in [3.05, 3.63) is 69.8 Å². The molecule has 0 saturated carbocycles. The van der Waals surface area contributed by atoms with Crippen LogP contribution in [0.2, 0.25) is 0 Å². The number of hydrogen-bond donors (Lipinski definition) is 2. The van der Waals surface area contributed by atoms with Crippen molar-refractivity contribution in [1.82, 2.24) is 4.98 Å². The normalized spacial score (nSPS) is 11.4. The standard InChI is InChI=1S/C27H27ClF2N2O6S/c1-36-23(26(34)35)14-19-20(29)12-17(13-21(19)30)25(33)32-27-31-22(15-39-27)18-7-5-6-16(24(18)37-2)8-11-38-10-4-3-9-28/h5-7,12-15H,3-4,8-11H2,1-2H3,(H,34,35)(H,31,32,33). The van der Waals surface area contributed by atoms with Crippen molar-refractivity contribution in [1.29, 1.82) is 0 Å². The Balaban J connectivity index is 1.74. The monoisotopic (exact) mass is 580 g/mol. The smallest absolute Gasteiger partial charge is 0.371 e. The van der Waals surface area contributed by atoms with Crippen LogP contribution in [-0.2, 0) is 20.7 Å². The number of halogens is 3. The number of nitrogens with zero attached hydrogens (tertiary/aromatic N) is 1. The number of aliphatic carboxylic acids is 1. The molecule has 1 aromatic heterocycles. The molecule has 0 fully saturated rings. The molecule has 0 saturated heterocycles. The Morgan fingerprint density at radius 2 is 1.90 bits per heavy atom. The lowest BCUT2D eigenvalue weighted by atomic mass is 10.0. The number of carboxylic acids is 1. The number of benzene rings is 2. The summed E-state index contributed by atoms with van der Waals surface area (Å²) in [6.07, 6.45) is 3.13. The summed E-state index contributed by atoms with van der Waals surface area (Å²) in [5, 5.41) is 13.5. The SMILES string of the molecule is COC(=Cc1c(F)cc(C(=O)Nc2nc(-c3cccc(CCOCCCCCl)c3OC)cs2)cc1F)C(=O)O. The van der Waals surface area contributed by atoms with E-state index in [0.29, 0.717) is 43.0 Å². The van der Waals surface area contributed by atoms with E-state index in [9.17, 15) is 18.4 Å². The second kappa shape index (κ2) is 14.6. The average molecular weight is 581 g/mol. The minimum Gasteiger partial charge on any atom is -0.496 e. The molecular formula is C27H27ClF2N2O6S. The second-order valence-electron chi connectivity index (χ2n) is 8.12. The summed E-state index contributed by atoms with van der Waals surface area (Å²) in [5.74, 6) is -3.95. The maximum Gasteiger partial charge on any atom is 0.371 e. The Bertz CT molecular complexity index is 1320. The van der Waals surface area contributed by atoms with Crippen LogP contribution in [0.25, 0.3) is 17.3 Å². The molecule has 8 nitrogen and oxygen atoms in total. The Morgan fingerprint density at radius 3 is 2.54 bits per heavy atom. The zero-order valence-electron chi connectivity index (χ0n) is 21.3. The van der Waals surface area contributed by atoms with Gasteiger partial charge in [-0.3, -0.25) is 10.1 Å². The fraction of sp³-hybridized carbons (Fsp3) is 0.296. The van der Waals surface area contributed by atoms with E-state index in [-0.39, 0.29) is 10.7 Å². The third-order valence-electron chi connectivity index (χ3n) is 5.54. The lowest BCUT2D eigenvalue weighted by Gasteiger charge is -2.12. The minimum absolute atomic E-state index is 0.211. The molecule has 0 unspecified atom stereocenters. The van der Waals surface area contributed by atoms with E-state index in [4.69, 9.17) is 26.2 Å². The zero-order valence-corrected chi connectivity index (χ0v) is 22.8. The fourth-order valence-electron chi connectivity index (χ4n) is 3.62. The van der Waals surface area contributed by atoms with Crippen LogP contribution in [0.1, 0.15) is 34.3 Å². The van der Waals surface area contributed by atoms with Gasteiger partial charge in [0.1, 0.15) is 17.4 Å². The van der Waals surface area contributed by atoms with E-state index in [1.807, 2.05) is 18.2 Å². The summed E-state index contributed by atoms with van der Waals surface area (Å²) in [7, 11) is 2.62. The molecule has 208 valence electrons. The van der Waals surface area contributed by atoms with Crippen molar-refractivity contribution in [2.75, 3.05) is 38.6 Å². The lowest BCUT2D eigenvalue weighted by molar-refractivity contribution is -0.135. The Morgan fingerprint density at radius 1 is 1.15 bits per heavy atom. The van der Waals surface area contributed by atoms with Crippen LogP contribution >= 0.6 is 22.9 Å². The van der Waals surface area contributed by atoms with Crippen LogP contribution in [0.3, 0.4) is 0 Å². The number of thiazole rings is 1. The van der Waals surface area contributed by atoms with Gasteiger partial charge in [-0.15, -0.1) is 22.9 Å². The van der Waals surface area contributed by atoms with Gasteiger partial charge in [0.05, 0.1) is 26.5 Å². The first-order valence-corrected chi connectivity index (χ1v) is 13.2. The minimum atomic E-state index is -1.49. The summed E-state index contributed by atoms with van der Waals surface area (Å²) in [6.45, 7) is 1.15. The molecule has 0 spiro atoms. The molecule has 0 atom stereocenters. The summed E-state index contributed by atoms with van der Waals surface area (Å²) >= 11 is 6.81. The molecular weight excluding hydrogens is 554 g/mol. The zero-order chi connectivity index (χ0) is 28.4. The van der Waals surface area contributed by atoms with Crippen LogP contribution in [-0.4, -0.2) is 55.3 Å². The fourth-order valence-corrected chi connectivity index (χ4v) is 4.52. The van der Waals surface area contributed by atoms with E-state index in [0.717, 1.165) is 54.5 Å². The molecule has 0 bridgehead atoms. The highest BCUT2D eigenvalue weighted by Gasteiger charge is 2.19. The number of carboxylic acid groups (broad SMARTS) is 1. The van der Waals surface area contributed by atoms with Crippen LogP contribution in [0.5, 0.6) is 5.75 Å². The van der Waals surface area contributed by atoms with Gasteiger partial charge in [0.25, 0.3) is 5.91 Å². The van der Waals surface area contributed by atoms with Gasteiger partial charge in [-0.05, 0) is 43.0 Å². The summed E-state index contributed by atoms with van der Waals surface area (Å²) in [6, 6.07) is 7.26. The molecule has 0 aliphatic carbocycles. The molecule has 0 aliphatic rings. The van der Waals surface area contributed by atoms with E-state index in [1.165, 1.54) is 0 Å². The number of alkyl halides is 1. The predicted molar refractivity (Wildman–Crippen MR) is 146 cm³/mol. The maximum absolute atomic E-state index is 14.5. The van der Waals surface area contributed by atoms with Crippen molar-refractivity contribution in [3.8, 4) is 17.0 Å². The van der Waals surface area contributed by atoms with Crippen LogP contribution < -0.4 is 10.1 Å². The Labute approximate surface area is 233 Å². The van der Waals surface area contributed by atoms with Crippen molar-refractivity contribution >= 4 is 46.0 Å². The molecule has 1 heterocycles. The highest BCUT2D eigenvalue weighted by molar-refractivity contribution is 7.14. The molecule has 0 aliphatic heterocycles. The first-order valence-electron chi connectivity index (χ1n) is 11.8. The molecule has 0 radical (unpaired) electrons. The highest BCUT2D eigenvalue weighted by Crippen LogP contribution is 2.35. The van der Waals surface area contributed by atoms with Crippen LogP contribution in [0, 0.1) is 11.6 Å². The van der Waals surface area contributed by atoms with Gasteiger partial charge in [0, 0.05) is 40.6 Å². The van der Waals surface area contributed by atoms with Crippen LogP contribution in [0.4, 0.5) is 13.9 Å². The van der Waals surface area contributed by atoms with E-state index >= 15 is 0 Å². The molecule has 1 amide bonds. The Hall–Kier alpha value is -3.54. The van der Waals surface area contributed by atoms with E-state index in [2.05, 4.69) is 15.0 Å². The lowest BCUT2D eigenvalue weighted by Crippen LogP contribution is -2.13. The number of ether oxygens (including phenoxy) is 3.